The lowest BCUT2D eigenvalue weighted by molar-refractivity contribution is -0.142. The number of nitrogens with zero attached hydrogens (tertiary/aromatic N) is 1. The molecule has 0 bridgehead atoms. The van der Waals surface area contributed by atoms with Gasteiger partial charge in [0.15, 0.2) is 0 Å². The Morgan fingerprint density at radius 3 is 2.88 bits per heavy atom. The summed E-state index contributed by atoms with van der Waals surface area (Å²) >= 11 is 0. The number of esters is 1. The summed E-state index contributed by atoms with van der Waals surface area (Å²) < 4.78 is 4.62. The average Bonchev–Trinajstić information content (AvgIpc) is 2.29. The van der Waals surface area contributed by atoms with Crippen LogP contribution in [0.15, 0.2) is 0 Å². The van der Waals surface area contributed by atoms with E-state index >= 15 is 0 Å². The Labute approximate surface area is 98.1 Å². The minimum Gasteiger partial charge on any atom is -0.468 e. The Morgan fingerprint density at radius 2 is 2.25 bits per heavy atom. The molecular weight excluding hydrogens is 204 g/mol. The Kier molecular flexibility index (Phi) is 5.22. The summed E-state index contributed by atoms with van der Waals surface area (Å²) in [5, 5.41) is 0. The summed E-state index contributed by atoms with van der Waals surface area (Å²) in [6.07, 6.45) is 3.24. The fourth-order valence-electron chi connectivity index (χ4n) is 2.31. The van der Waals surface area contributed by atoms with E-state index in [9.17, 15) is 4.79 Å². The first-order valence-electron chi connectivity index (χ1n) is 6.13. The zero-order valence-electron chi connectivity index (χ0n) is 10.6. The molecule has 3 atom stereocenters. The Hall–Kier alpha value is -0.610. The molecule has 4 nitrogen and oxygen atoms in total. The van der Waals surface area contributed by atoms with Gasteiger partial charge in [0.05, 0.1) is 7.11 Å². The van der Waals surface area contributed by atoms with Crippen molar-refractivity contribution in [1.29, 1.82) is 0 Å². The van der Waals surface area contributed by atoms with E-state index in [0.29, 0.717) is 12.5 Å². The Balaban J connectivity index is 2.34. The van der Waals surface area contributed by atoms with Crippen LogP contribution in [0.3, 0.4) is 0 Å². The maximum absolute atomic E-state index is 11.2. The quantitative estimate of drug-likeness (QED) is 0.729. The lowest BCUT2D eigenvalue weighted by atomic mass is 9.92. The lowest BCUT2D eigenvalue weighted by Gasteiger charge is -2.38. The molecule has 1 fully saturated rings. The largest absolute Gasteiger partial charge is 0.468 e. The van der Waals surface area contributed by atoms with Crippen molar-refractivity contribution < 1.29 is 9.53 Å². The molecular formula is C12H24N2O2. The molecule has 2 N–H and O–H groups in total. The molecule has 0 aromatic rings. The smallest absolute Gasteiger partial charge is 0.322 e. The van der Waals surface area contributed by atoms with Gasteiger partial charge in [-0.25, -0.2) is 0 Å². The highest BCUT2D eigenvalue weighted by Gasteiger charge is 2.25. The maximum atomic E-state index is 11.2. The summed E-state index contributed by atoms with van der Waals surface area (Å²) in [4.78, 5) is 13.6. The Morgan fingerprint density at radius 1 is 1.56 bits per heavy atom. The van der Waals surface area contributed by atoms with E-state index in [4.69, 9.17) is 5.73 Å². The average molecular weight is 228 g/mol. The number of ether oxygens (including phenoxy) is 1. The molecule has 1 saturated heterocycles. The Bertz CT molecular complexity index is 233. The van der Waals surface area contributed by atoms with Crippen LogP contribution in [0.1, 0.15) is 33.1 Å². The number of carbonyl (C=O) groups excluding carboxylic acids is 1. The van der Waals surface area contributed by atoms with Gasteiger partial charge >= 0.3 is 5.97 Å². The van der Waals surface area contributed by atoms with Crippen molar-refractivity contribution in [2.45, 2.75) is 45.2 Å². The van der Waals surface area contributed by atoms with Crippen LogP contribution >= 0.6 is 0 Å². The van der Waals surface area contributed by atoms with E-state index in [1.807, 2.05) is 0 Å². The number of hydrogen-bond donors (Lipinski definition) is 1. The highest BCUT2D eigenvalue weighted by molar-refractivity contribution is 5.75. The van der Waals surface area contributed by atoms with Crippen molar-refractivity contribution in [3.05, 3.63) is 0 Å². The molecule has 1 aliphatic rings. The molecule has 16 heavy (non-hydrogen) atoms. The zero-order chi connectivity index (χ0) is 12.1. The van der Waals surface area contributed by atoms with Crippen LogP contribution < -0.4 is 5.73 Å². The first kappa shape index (κ1) is 13.5. The van der Waals surface area contributed by atoms with Crippen molar-refractivity contribution in [2.24, 2.45) is 11.7 Å². The van der Waals surface area contributed by atoms with Crippen molar-refractivity contribution in [1.82, 2.24) is 4.90 Å². The van der Waals surface area contributed by atoms with Gasteiger partial charge in [0.2, 0.25) is 0 Å². The molecule has 0 spiro atoms. The van der Waals surface area contributed by atoms with E-state index in [-0.39, 0.29) is 5.97 Å². The standard InChI is InChI=1S/C12H24N2O2/c1-9-5-4-7-14(10(9)2)8-6-11(13)12(15)16-3/h9-11H,4-8,13H2,1-3H3. The van der Waals surface area contributed by atoms with Gasteiger partial charge in [-0.05, 0) is 38.6 Å². The number of likely N-dealkylation sites (tertiary alicyclic amines) is 1. The molecule has 3 unspecified atom stereocenters. The number of hydrogen-bond acceptors (Lipinski definition) is 4. The van der Waals surface area contributed by atoms with Gasteiger partial charge in [0.25, 0.3) is 0 Å². The molecule has 4 heteroatoms. The molecule has 1 aliphatic heterocycles. The predicted octanol–water partition coefficient (Wildman–Crippen LogP) is 0.997. The monoisotopic (exact) mass is 228 g/mol. The molecule has 1 rings (SSSR count). The fourth-order valence-corrected chi connectivity index (χ4v) is 2.31. The summed E-state index contributed by atoms with van der Waals surface area (Å²) in [7, 11) is 1.38. The van der Waals surface area contributed by atoms with E-state index in [2.05, 4.69) is 23.5 Å². The van der Waals surface area contributed by atoms with E-state index in [1.54, 1.807) is 0 Å². The highest BCUT2D eigenvalue weighted by atomic mass is 16.5. The van der Waals surface area contributed by atoms with Crippen LogP contribution in [0.2, 0.25) is 0 Å². The summed E-state index contributed by atoms with van der Waals surface area (Å²) in [5.41, 5.74) is 5.72. The van der Waals surface area contributed by atoms with Gasteiger partial charge < -0.3 is 15.4 Å². The van der Waals surface area contributed by atoms with Gasteiger partial charge in [0.1, 0.15) is 6.04 Å². The second-order valence-corrected chi connectivity index (χ2v) is 4.81. The second kappa shape index (κ2) is 6.21. The minimum atomic E-state index is -0.477. The number of carbonyl (C=O) groups is 1. The highest BCUT2D eigenvalue weighted by Crippen LogP contribution is 2.22. The van der Waals surface area contributed by atoms with Gasteiger partial charge in [-0.3, -0.25) is 4.79 Å². The van der Waals surface area contributed by atoms with Crippen LogP contribution in [0, 0.1) is 5.92 Å². The molecule has 0 aromatic carbocycles. The fraction of sp³-hybridized carbons (Fsp3) is 0.917. The number of nitrogens with two attached hydrogens (primary N) is 1. The van der Waals surface area contributed by atoms with Crippen LogP contribution in [0.5, 0.6) is 0 Å². The molecule has 0 radical (unpaired) electrons. The van der Waals surface area contributed by atoms with E-state index in [0.717, 1.165) is 19.0 Å². The normalized spacial score (nSPS) is 28.8. The number of piperidine rings is 1. The van der Waals surface area contributed by atoms with Crippen LogP contribution in [-0.4, -0.2) is 43.2 Å². The molecule has 94 valence electrons. The van der Waals surface area contributed by atoms with Gasteiger partial charge in [0, 0.05) is 12.6 Å². The molecule has 0 aromatic heterocycles. The molecule has 0 aliphatic carbocycles. The molecule has 1 heterocycles. The zero-order valence-corrected chi connectivity index (χ0v) is 10.6. The topological polar surface area (TPSA) is 55.6 Å². The van der Waals surface area contributed by atoms with E-state index < -0.39 is 6.04 Å². The lowest BCUT2D eigenvalue weighted by Crippen LogP contribution is -2.45. The summed E-state index contributed by atoms with van der Waals surface area (Å²) in [6, 6.07) is 0.119. The van der Waals surface area contributed by atoms with E-state index in [1.165, 1.54) is 20.0 Å². The van der Waals surface area contributed by atoms with Gasteiger partial charge in [-0.15, -0.1) is 0 Å². The summed E-state index contributed by atoms with van der Waals surface area (Å²) in [6.45, 7) is 6.56. The first-order chi connectivity index (χ1) is 7.56. The van der Waals surface area contributed by atoms with Crippen molar-refractivity contribution >= 4 is 5.97 Å². The second-order valence-electron chi connectivity index (χ2n) is 4.81. The van der Waals surface area contributed by atoms with Crippen LogP contribution in [0.25, 0.3) is 0 Å². The number of methoxy groups -OCH3 is 1. The van der Waals surface area contributed by atoms with Crippen LogP contribution in [-0.2, 0) is 9.53 Å². The number of rotatable bonds is 4. The van der Waals surface area contributed by atoms with Crippen LogP contribution in [0.4, 0.5) is 0 Å². The predicted molar refractivity (Wildman–Crippen MR) is 64.0 cm³/mol. The third kappa shape index (κ3) is 3.46. The first-order valence-corrected chi connectivity index (χ1v) is 6.13. The van der Waals surface area contributed by atoms with Crippen molar-refractivity contribution in [3.8, 4) is 0 Å². The van der Waals surface area contributed by atoms with Crippen molar-refractivity contribution in [3.63, 3.8) is 0 Å². The third-order valence-corrected chi connectivity index (χ3v) is 3.74. The third-order valence-electron chi connectivity index (χ3n) is 3.74. The van der Waals surface area contributed by atoms with Crippen molar-refractivity contribution in [2.75, 3.05) is 20.2 Å². The molecule has 0 saturated carbocycles. The summed E-state index contributed by atoms with van der Waals surface area (Å²) in [5.74, 6) is 0.431. The maximum Gasteiger partial charge on any atom is 0.322 e. The minimum absolute atomic E-state index is 0.308. The molecule has 0 amide bonds. The van der Waals surface area contributed by atoms with Gasteiger partial charge in [-0.2, -0.15) is 0 Å². The van der Waals surface area contributed by atoms with Gasteiger partial charge in [-0.1, -0.05) is 6.92 Å². The SMILES string of the molecule is COC(=O)C(N)CCN1CCCC(C)C1C.